The van der Waals surface area contributed by atoms with Crippen LogP contribution in [0.2, 0.25) is 0 Å². The zero-order valence-corrected chi connectivity index (χ0v) is 64.7. The molecule has 3 amide bonds. The normalized spacial score (nSPS) is 17.5. The van der Waals surface area contributed by atoms with Crippen molar-refractivity contribution in [2.45, 2.75) is 201 Å². The van der Waals surface area contributed by atoms with E-state index in [9.17, 15) is 74.7 Å². The van der Waals surface area contributed by atoms with Gasteiger partial charge in [-0.15, -0.1) is 0 Å². The van der Waals surface area contributed by atoms with E-state index >= 15 is 0 Å². The van der Waals surface area contributed by atoms with Gasteiger partial charge in [-0.05, 0) is 253 Å². The first kappa shape index (κ1) is 80.8. The van der Waals surface area contributed by atoms with Crippen LogP contribution in [0.3, 0.4) is 0 Å². The van der Waals surface area contributed by atoms with Gasteiger partial charge in [0.1, 0.15) is 0 Å². The minimum Gasteiger partial charge on any atom is -0.392 e. The predicted molar refractivity (Wildman–Crippen MR) is 437 cm³/mol. The van der Waals surface area contributed by atoms with Crippen LogP contribution in [-0.2, 0) is 106 Å². The number of nitrogens with zero attached hydrogens (tertiary/aromatic N) is 3. The van der Waals surface area contributed by atoms with Crippen LogP contribution >= 0.6 is 0 Å². The van der Waals surface area contributed by atoms with Gasteiger partial charge in [0.05, 0.1) is 101 Å². The van der Waals surface area contributed by atoms with Gasteiger partial charge in [0, 0.05) is 69.6 Å². The van der Waals surface area contributed by atoms with Crippen LogP contribution < -0.4 is 46.9 Å². The lowest BCUT2D eigenvalue weighted by molar-refractivity contribution is -0.120. The van der Waals surface area contributed by atoms with Crippen molar-refractivity contribution in [2.24, 2.45) is 0 Å². The summed E-state index contributed by atoms with van der Waals surface area (Å²) in [6, 6.07) is 39.8. The lowest BCUT2D eigenvalue weighted by atomic mass is 9.87. The average molecular weight is 1530 g/mol. The Bertz CT molecular complexity index is 5270. The van der Waals surface area contributed by atoms with E-state index in [2.05, 4.69) is 79.0 Å². The van der Waals surface area contributed by atoms with Crippen LogP contribution in [0.25, 0.3) is 44.3 Å². The zero-order valence-electron chi connectivity index (χ0n) is 64.7. The maximum Gasteiger partial charge on any atom is 0.217 e. The number of piperidine rings is 1. The number of rotatable bonds is 17. The van der Waals surface area contributed by atoms with Crippen molar-refractivity contribution in [1.82, 2.24) is 20.9 Å². The molecular formula is C91H103N7O15. The fourth-order valence-corrected chi connectivity index (χ4v) is 18.8. The Morgan fingerprint density at radius 1 is 0.425 bits per heavy atom. The van der Waals surface area contributed by atoms with E-state index in [4.69, 9.17) is 0 Å². The largest absolute Gasteiger partial charge is 0.392 e. The molecule has 3 unspecified atom stereocenters. The van der Waals surface area contributed by atoms with E-state index in [0.717, 1.165) is 119 Å². The van der Waals surface area contributed by atoms with Crippen molar-refractivity contribution in [1.29, 1.82) is 0 Å². The van der Waals surface area contributed by atoms with Crippen LogP contribution in [0.15, 0.2) is 142 Å². The molecule has 113 heavy (non-hydrogen) atoms. The van der Waals surface area contributed by atoms with Crippen LogP contribution in [0, 0.1) is 0 Å². The standard InChI is InChI=1S/C32H33N3O5.C32H36N2O5.C27H34N2O5/c1-18(39)33-28-8-6-19-12-20(15-36)25(16-37)26(17-38)32(19)23-7-9-30(31(40)13-24(23)28)35-11-10-22-21-4-2-3-5-27(21)34-29(22)14-35;1-20(38)33-29-9-7-23-15-24(17-35)27(18-36)28(19-37)32(23)25-8-10-30(31(39)16-26(25)29)34-13-11-22(12-14-34)21-5-3-2-4-6-21;1-3-19-5-4-10-29(19)25-9-7-20-21(12-26(25)34)24(28-16(2)33)8-6-17-11-18(13-30)22(14-31)23(15-32)27(17)20/h2-5,7,9,12-13,28,34,36-38H,6,8,10-11,14-17H2,1H3,(H,33,39);2-6,8,10,15-16,22,29,35-37H,7,9,11-14,17-19H2,1H3,(H,33,38);7,9,11-12,19,24,30-32H,3-6,8,10,13-15H2,1-2H3,(H,28,33)/t;;19-,24?/m..0/s1. The van der Waals surface area contributed by atoms with E-state index in [1.54, 1.807) is 18.2 Å². The molecule has 13 N–H and O–H groups in total. The van der Waals surface area contributed by atoms with Gasteiger partial charge in [0.15, 0.2) is 0 Å². The van der Waals surface area contributed by atoms with Gasteiger partial charge in [0.25, 0.3) is 0 Å². The van der Waals surface area contributed by atoms with E-state index < -0.39 is 6.04 Å². The maximum absolute atomic E-state index is 13.8. The zero-order chi connectivity index (χ0) is 79.9. The number of H-pyrrole nitrogens is 1. The summed E-state index contributed by atoms with van der Waals surface area (Å²) in [6.45, 7) is 7.48. The summed E-state index contributed by atoms with van der Waals surface area (Å²) in [7, 11) is 0. The molecule has 8 aromatic carbocycles. The molecule has 22 heteroatoms. The molecule has 3 aliphatic heterocycles. The van der Waals surface area contributed by atoms with Gasteiger partial charge >= 0.3 is 0 Å². The highest BCUT2D eigenvalue weighted by molar-refractivity contribution is 5.86. The molecule has 4 atom stereocenters. The lowest BCUT2D eigenvalue weighted by Gasteiger charge is -2.33. The third-order valence-corrected chi connectivity index (χ3v) is 24.1. The van der Waals surface area contributed by atoms with Gasteiger partial charge in [0.2, 0.25) is 34.0 Å². The van der Waals surface area contributed by atoms with Crippen molar-refractivity contribution >= 4 is 45.7 Å². The first-order valence-electron chi connectivity index (χ1n) is 39.6. The molecule has 6 aliphatic rings. The molecule has 2 saturated heterocycles. The van der Waals surface area contributed by atoms with E-state index in [0.29, 0.717) is 147 Å². The number of aromatic amines is 1. The second kappa shape index (κ2) is 35.8. The number of hydrogen-bond donors (Lipinski definition) is 13. The molecule has 9 aromatic rings. The van der Waals surface area contributed by atoms with E-state index in [1.165, 1.54) is 37.3 Å². The Labute approximate surface area is 657 Å². The first-order chi connectivity index (χ1) is 54.8. The highest BCUT2D eigenvalue weighted by Gasteiger charge is 2.35. The third kappa shape index (κ3) is 16.5. The first-order valence-corrected chi connectivity index (χ1v) is 39.6. The number of aryl methyl sites for hydroxylation is 3. The SMILES string of the molecule is CC(=O)NC1CCc2cc(CO)c(CO)c(CO)c2-c2ccc(N3CCC(c4ccccc4)CC3)c(=O)cc21.CC(=O)NC1CCc2cc(CO)c(CO)c(CO)c2-c2ccc(N3CCc4c([nH]c5ccccc45)C3)c(=O)cc21.CC[C@H]1CCCN1c1ccc2c(cc1=O)C(NC(C)=O)CCc1cc(CO)c(CO)c(CO)c1-2. The molecule has 22 nitrogen and oxygen atoms in total. The van der Waals surface area contributed by atoms with Gasteiger partial charge in [-0.3, -0.25) is 28.8 Å². The molecule has 0 spiro atoms. The highest BCUT2D eigenvalue weighted by atomic mass is 16.3. The minimum atomic E-state index is -0.406. The van der Waals surface area contributed by atoms with Crippen molar-refractivity contribution in [3.05, 3.63) is 258 Å². The van der Waals surface area contributed by atoms with Crippen molar-refractivity contribution < 1.29 is 60.3 Å². The summed E-state index contributed by atoms with van der Waals surface area (Å²) in [5, 5.41) is 102. The molecule has 0 bridgehead atoms. The van der Waals surface area contributed by atoms with Crippen LogP contribution in [0.5, 0.6) is 0 Å². The highest BCUT2D eigenvalue weighted by Crippen LogP contribution is 2.46. The molecule has 592 valence electrons. The summed E-state index contributed by atoms with van der Waals surface area (Å²) in [5.41, 5.74) is 20.6. The number of para-hydroxylation sites is 1. The number of hydrogen-bond acceptors (Lipinski definition) is 18. The fraction of sp³-hybridized carbons (Fsp3) is 0.385. The Hall–Kier alpha value is -10.2. The van der Waals surface area contributed by atoms with Gasteiger partial charge < -0.3 is 81.6 Å². The number of amides is 3. The van der Waals surface area contributed by atoms with Crippen molar-refractivity contribution in [2.75, 3.05) is 40.9 Å². The van der Waals surface area contributed by atoms with E-state index in [-0.39, 0.29) is 106 Å². The third-order valence-electron chi connectivity index (χ3n) is 24.1. The Morgan fingerprint density at radius 2 is 0.832 bits per heavy atom. The Balaban J connectivity index is 0.000000149. The second-order valence-electron chi connectivity index (χ2n) is 30.5. The molecule has 15 rings (SSSR count). The molecule has 4 heterocycles. The number of fused-ring (bicyclic) bond motifs is 12. The van der Waals surface area contributed by atoms with Gasteiger partial charge in [-0.1, -0.05) is 91.9 Å². The number of benzene rings is 5. The molecule has 3 aliphatic carbocycles. The average Bonchev–Trinajstić information content (AvgIpc) is 1.72. The van der Waals surface area contributed by atoms with Gasteiger partial charge in [-0.25, -0.2) is 0 Å². The van der Waals surface area contributed by atoms with Crippen molar-refractivity contribution in [3.63, 3.8) is 0 Å². The van der Waals surface area contributed by atoms with Crippen molar-refractivity contribution in [3.8, 4) is 33.4 Å². The smallest absolute Gasteiger partial charge is 0.217 e. The molecule has 0 saturated carbocycles. The summed E-state index contributed by atoms with van der Waals surface area (Å²) >= 11 is 0. The predicted octanol–water partition coefficient (Wildman–Crippen LogP) is 9.75. The second-order valence-corrected chi connectivity index (χ2v) is 30.5. The fourth-order valence-electron chi connectivity index (χ4n) is 18.8. The van der Waals surface area contributed by atoms with Crippen LogP contribution in [0.1, 0.15) is 203 Å². The Kier molecular flexibility index (Phi) is 25.6. The number of nitrogens with one attached hydrogen (secondary N) is 4. The number of aromatic nitrogens is 1. The lowest BCUT2D eigenvalue weighted by Crippen LogP contribution is -2.35. The molecule has 0 radical (unpaired) electrons. The molecule has 1 aromatic heterocycles. The number of aliphatic hydroxyl groups is 9. The minimum absolute atomic E-state index is 0.0830. The summed E-state index contributed by atoms with van der Waals surface area (Å²) in [5.74, 6) is -0.0971. The van der Waals surface area contributed by atoms with Crippen LogP contribution in [0.4, 0.5) is 17.1 Å². The Morgan fingerprint density at radius 3 is 1.25 bits per heavy atom. The van der Waals surface area contributed by atoms with Crippen LogP contribution in [-0.4, -0.2) is 101 Å². The molecular weight excluding hydrogens is 1430 g/mol. The summed E-state index contributed by atoms with van der Waals surface area (Å²) in [4.78, 5) is 87.4. The number of anilines is 3. The maximum atomic E-state index is 13.8. The van der Waals surface area contributed by atoms with Gasteiger partial charge in [-0.2, -0.15) is 0 Å². The number of carbonyl (C=O) groups excluding carboxylic acids is 3. The topological polar surface area (TPSA) is 346 Å². The number of carbonyl (C=O) groups is 3. The number of aliphatic hydroxyl groups excluding tert-OH is 9. The monoisotopic (exact) mass is 1530 g/mol. The molecule has 2 fully saturated rings. The summed E-state index contributed by atoms with van der Waals surface area (Å²) in [6.07, 6.45) is 9.23. The summed E-state index contributed by atoms with van der Waals surface area (Å²) < 4.78 is 0. The quantitative estimate of drug-likeness (QED) is 0.0403. The van der Waals surface area contributed by atoms with E-state index in [1.807, 2.05) is 72.8 Å².